The molecule has 0 saturated heterocycles. The lowest BCUT2D eigenvalue weighted by molar-refractivity contribution is 0.343. The van der Waals surface area contributed by atoms with Gasteiger partial charge in [-0.1, -0.05) is 65.2 Å². The maximum absolute atomic E-state index is 2.49. The Morgan fingerprint density at radius 1 is 0.632 bits per heavy atom. The van der Waals surface area contributed by atoms with Crippen molar-refractivity contribution in [2.75, 3.05) is 0 Å². The van der Waals surface area contributed by atoms with Crippen molar-refractivity contribution in [2.45, 2.75) is 113 Å². The predicted molar refractivity (Wildman–Crippen MR) is 89.0 cm³/mol. The molecule has 0 bridgehead atoms. The first-order valence-corrected chi connectivity index (χ1v) is 9.76. The van der Waals surface area contributed by atoms with E-state index in [1.165, 1.54) is 89.9 Å². The molecular weight excluding hydrogens is 248 g/mol. The van der Waals surface area contributed by atoms with Crippen LogP contribution in [0.3, 0.4) is 0 Å². The van der Waals surface area contributed by atoms with Crippen LogP contribution in [0, 0.1) is 0 Å². The molecular formula is C18H34S. The Morgan fingerprint density at radius 2 is 1.00 bits per heavy atom. The van der Waals surface area contributed by atoms with Crippen molar-refractivity contribution in [3.8, 4) is 0 Å². The smallest absolute Gasteiger partial charge is 0.0165 e. The molecule has 0 atom stereocenters. The summed E-state index contributed by atoms with van der Waals surface area (Å²) in [6.07, 6.45) is 20.7. The van der Waals surface area contributed by atoms with Crippen LogP contribution in [-0.2, 0) is 0 Å². The van der Waals surface area contributed by atoms with Gasteiger partial charge in [-0.3, -0.25) is 0 Å². The lowest BCUT2D eigenvalue weighted by atomic mass is 9.84. The summed E-state index contributed by atoms with van der Waals surface area (Å²) >= 11 is 2.49. The van der Waals surface area contributed by atoms with E-state index in [1.54, 1.807) is 0 Å². The minimum atomic E-state index is 0.666. The zero-order valence-corrected chi connectivity index (χ0v) is 14.1. The highest BCUT2D eigenvalue weighted by Crippen LogP contribution is 2.54. The Morgan fingerprint density at radius 3 is 1.32 bits per heavy atom. The van der Waals surface area contributed by atoms with Crippen molar-refractivity contribution < 1.29 is 0 Å². The van der Waals surface area contributed by atoms with E-state index >= 15 is 0 Å². The van der Waals surface area contributed by atoms with Gasteiger partial charge < -0.3 is 0 Å². The van der Waals surface area contributed by atoms with E-state index in [1.807, 2.05) is 0 Å². The second-order valence-electron chi connectivity index (χ2n) is 7.09. The van der Waals surface area contributed by atoms with Gasteiger partial charge in [0.25, 0.3) is 0 Å². The summed E-state index contributed by atoms with van der Waals surface area (Å²) in [5.74, 6) is 0. The maximum atomic E-state index is 2.49. The van der Waals surface area contributed by atoms with Gasteiger partial charge in [0.05, 0.1) is 0 Å². The molecule has 2 aliphatic rings. The summed E-state index contributed by atoms with van der Waals surface area (Å²) in [7, 11) is 0. The monoisotopic (exact) mass is 282 g/mol. The number of thioether (sulfide) groups is 1. The Kier molecular flexibility index (Phi) is 6.11. The summed E-state index contributed by atoms with van der Waals surface area (Å²) in [5.41, 5.74) is 0. The predicted octanol–water partition coefficient (Wildman–Crippen LogP) is 6.73. The zero-order valence-electron chi connectivity index (χ0n) is 13.3. The van der Waals surface area contributed by atoms with Crippen LogP contribution in [0.15, 0.2) is 0 Å². The Balaban J connectivity index is 2.07. The average Bonchev–Trinajstić information content (AvgIpc) is 2.41. The summed E-state index contributed by atoms with van der Waals surface area (Å²) in [5, 5.41) is 0. The summed E-state index contributed by atoms with van der Waals surface area (Å²) in [6.45, 7) is 4.79. The highest BCUT2D eigenvalue weighted by molar-refractivity contribution is 8.02. The Labute approximate surface area is 125 Å². The number of rotatable bonds is 6. The van der Waals surface area contributed by atoms with Gasteiger partial charge in [0.15, 0.2) is 0 Å². The van der Waals surface area contributed by atoms with Crippen molar-refractivity contribution in [1.29, 1.82) is 0 Å². The molecule has 2 aliphatic carbocycles. The van der Waals surface area contributed by atoms with E-state index in [2.05, 4.69) is 25.6 Å². The second-order valence-corrected chi connectivity index (χ2v) is 9.03. The van der Waals surface area contributed by atoms with Crippen LogP contribution in [0.25, 0.3) is 0 Å². The Hall–Kier alpha value is 0.350. The molecule has 0 amide bonds. The van der Waals surface area contributed by atoms with Crippen LogP contribution in [-0.4, -0.2) is 9.49 Å². The fourth-order valence-corrected chi connectivity index (χ4v) is 7.09. The minimum Gasteiger partial charge on any atom is -0.148 e. The lowest BCUT2D eigenvalue weighted by Gasteiger charge is -2.47. The molecule has 0 aromatic rings. The summed E-state index contributed by atoms with van der Waals surface area (Å²) in [4.78, 5) is 0. The molecule has 0 aromatic carbocycles. The van der Waals surface area contributed by atoms with E-state index in [0.717, 1.165) is 0 Å². The molecule has 1 heteroatoms. The van der Waals surface area contributed by atoms with Gasteiger partial charge in [0, 0.05) is 9.49 Å². The van der Waals surface area contributed by atoms with Crippen LogP contribution >= 0.6 is 11.8 Å². The fraction of sp³-hybridized carbons (Fsp3) is 1.00. The van der Waals surface area contributed by atoms with Crippen LogP contribution in [0.4, 0.5) is 0 Å². The number of hydrogen-bond donors (Lipinski definition) is 0. The third-order valence-electron chi connectivity index (χ3n) is 5.37. The molecule has 2 fully saturated rings. The standard InChI is InChI=1S/C18H34S/c1-3-11-17(13-7-5-8-14-17)19-18(12-4-2)15-9-6-10-16-18/h3-16H2,1-2H3. The van der Waals surface area contributed by atoms with Crippen LogP contribution in [0.5, 0.6) is 0 Å². The van der Waals surface area contributed by atoms with E-state index in [-0.39, 0.29) is 0 Å². The van der Waals surface area contributed by atoms with Gasteiger partial charge in [-0.25, -0.2) is 0 Å². The maximum Gasteiger partial charge on any atom is 0.0165 e. The van der Waals surface area contributed by atoms with Gasteiger partial charge >= 0.3 is 0 Å². The van der Waals surface area contributed by atoms with E-state index in [0.29, 0.717) is 9.49 Å². The molecule has 2 rings (SSSR count). The second kappa shape index (κ2) is 7.38. The molecule has 112 valence electrons. The summed E-state index contributed by atoms with van der Waals surface area (Å²) in [6, 6.07) is 0. The van der Waals surface area contributed by atoms with E-state index in [9.17, 15) is 0 Å². The van der Waals surface area contributed by atoms with Crippen molar-refractivity contribution >= 4 is 11.8 Å². The first-order valence-electron chi connectivity index (χ1n) is 8.94. The van der Waals surface area contributed by atoms with Crippen LogP contribution < -0.4 is 0 Å². The molecule has 0 heterocycles. The minimum absolute atomic E-state index is 0.666. The van der Waals surface area contributed by atoms with Gasteiger partial charge in [0.2, 0.25) is 0 Å². The van der Waals surface area contributed by atoms with Crippen molar-refractivity contribution in [1.82, 2.24) is 0 Å². The molecule has 0 unspecified atom stereocenters. The normalized spacial score (nSPS) is 26.2. The van der Waals surface area contributed by atoms with Gasteiger partial charge in [-0.15, -0.1) is 11.8 Å². The molecule has 0 N–H and O–H groups in total. The first-order chi connectivity index (χ1) is 9.24. The molecule has 0 spiro atoms. The topological polar surface area (TPSA) is 0 Å². The third kappa shape index (κ3) is 4.16. The molecule has 0 nitrogen and oxygen atoms in total. The van der Waals surface area contributed by atoms with E-state index in [4.69, 9.17) is 0 Å². The van der Waals surface area contributed by atoms with E-state index < -0.39 is 0 Å². The van der Waals surface area contributed by atoms with Crippen molar-refractivity contribution in [2.24, 2.45) is 0 Å². The highest BCUT2D eigenvalue weighted by Gasteiger charge is 2.41. The quantitative estimate of drug-likeness (QED) is 0.520. The van der Waals surface area contributed by atoms with Gasteiger partial charge in [-0.2, -0.15) is 0 Å². The van der Waals surface area contributed by atoms with Crippen LogP contribution in [0.2, 0.25) is 0 Å². The SMILES string of the molecule is CCCC1(SC2(CCC)CCCCC2)CCCCC1. The van der Waals surface area contributed by atoms with Crippen LogP contribution in [0.1, 0.15) is 104 Å². The molecule has 2 saturated carbocycles. The lowest BCUT2D eigenvalue weighted by Crippen LogP contribution is -2.38. The zero-order chi connectivity index (χ0) is 13.6. The van der Waals surface area contributed by atoms with Gasteiger partial charge in [0.1, 0.15) is 0 Å². The third-order valence-corrected chi connectivity index (χ3v) is 7.46. The molecule has 0 aromatic heterocycles. The Bertz CT molecular complexity index is 209. The highest BCUT2D eigenvalue weighted by atomic mass is 32.2. The number of hydrogen-bond acceptors (Lipinski definition) is 1. The van der Waals surface area contributed by atoms with Gasteiger partial charge in [-0.05, 0) is 38.5 Å². The summed E-state index contributed by atoms with van der Waals surface area (Å²) < 4.78 is 1.33. The molecule has 0 aliphatic heterocycles. The molecule has 0 radical (unpaired) electrons. The molecule has 19 heavy (non-hydrogen) atoms. The fourth-order valence-electron chi connectivity index (χ4n) is 4.57. The van der Waals surface area contributed by atoms with Crippen molar-refractivity contribution in [3.63, 3.8) is 0 Å². The van der Waals surface area contributed by atoms with Crippen molar-refractivity contribution in [3.05, 3.63) is 0 Å². The first kappa shape index (κ1) is 15.7. The average molecular weight is 283 g/mol. The largest absolute Gasteiger partial charge is 0.148 e.